The molecule has 1 rings (SSSR count). The second kappa shape index (κ2) is 7.44. The molecule has 2 nitrogen and oxygen atoms in total. The molecule has 4 unspecified atom stereocenters. The summed E-state index contributed by atoms with van der Waals surface area (Å²) in [4.78, 5) is 0. The van der Waals surface area contributed by atoms with Crippen LogP contribution in [0.15, 0.2) is 0 Å². The first-order valence-electron chi connectivity index (χ1n) is 6.79. The van der Waals surface area contributed by atoms with Crippen LogP contribution in [-0.2, 0) is 10.8 Å². The maximum atomic E-state index is 11.9. The highest BCUT2D eigenvalue weighted by atomic mass is 32.2. The van der Waals surface area contributed by atoms with Crippen molar-refractivity contribution in [1.82, 2.24) is 5.32 Å². The molecule has 0 saturated heterocycles. The third kappa shape index (κ3) is 4.17. The van der Waals surface area contributed by atoms with Crippen molar-refractivity contribution in [3.05, 3.63) is 0 Å². The van der Waals surface area contributed by atoms with E-state index >= 15 is 0 Å². The van der Waals surface area contributed by atoms with E-state index in [9.17, 15) is 4.21 Å². The minimum atomic E-state index is -0.607. The Balaban J connectivity index is 2.28. The highest BCUT2D eigenvalue weighted by molar-refractivity contribution is 7.85. The zero-order chi connectivity index (χ0) is 12.0. The Morgan fingerprint density at radius 3 is 2.75 bits per heavy atom. The van der Waals surface area contributed by atoms with E-state index in [-0.39, 0.29) is 0 Å². The lowest BCUT2D eigenvalue weighted by Gasteiger charge is -2.20. The number of rotatable bonds is 7. The molecular weight excluding hydrogens is 218 g/mol. The van der Waals surface area contributed by atoms with Crippen LogP contribution >= 0.6 is 0 Å². The van der Waals surface area contributed by atoms with Crippen molar-refractivity contribution in [2.24, 2.45) is 5.92 Å². The molecule has 0 heterocycles. The molecule has 1 fully saturated rings. The number of hydrogen-bond donors (Lipinski definition) is 1. The molecule has 0 aromatic rings. The highest BCUT2D eigenvalue weighted by Crippen LogP contribution is 2.28. The Labute approximate surface area is 103 Å². The monoisotopic (exact) mass is 245 g/mol. The first-order chi connectivity index (χ1) is 7.69. The van der Waals surface area contributed by atoms with E-state index in [0.29, 0.717) is 11.3 Å². The summed E-state index contributed by atoms with van der Waals surface area (Å²) in [7, 11) is -0.607. The molecule has 4 atom stereocenters. The fourth-order valence-corrected chi connectivity index (χ4v) is 3.88. The SMILES string of the molecule is CCNC1CCCC1CCS(=O)C(C)CC. The molecular formula is C13H27NOS. The minimum Gasteiger partial charge on any atom is -0.314 e. The summed E-state index contributed by atoms with van der Waals surface area (Å²) in [6.45, 7) is 7.47. The highest BCUT2D eigenvalue weighted by Gasteiger charge is 2.26. The van der Waals surface area contributed by atoms with Gasteiger partial charge in [-0.25, -0.2) is 0 Å². The van der Waals surface area contributed by atoms with Gasteiger partial charge in [-0.3, -0.25) is 4.21 Å². The van der Waals surface area contributed by atoms with Crippen molar-refractivity contribution in [3.63, 3.8) is 0 Å². The van der Waals surface area contributed by atoms with Crippen molar-refractivity contribution in [2.75, 3.05) is 12.3 Å². The molecule has 1 N–H and O–H groups in total. The summed E-state index contributed by atoms with van der Waals surface area (Å²) in [6, 6.07) is 0.693. The largest absolute Gasteiger partial charge is 0.314 e. The Kier molecular flexibility index (Phi) is 6.59. The third-order valence-electron chi connectivity index (χ3n) is 3.84. The second-order valence-electron chi connectivity index (χ2n) is 4.95. The van der Waals surface area contributed by atoms with Crippen LogP contribution in [0.4, 0.5) is 0 Å². The maximum Gasteiger partial charge on any atom is 0.0317 e. The zero-order valence-electron chi connectivity index (χ0n) is 11.0. The normalized spacial score (nSPS) is 29.2. The smallest absolute Gasteiger partial charge is 0.0317 e. The van der Waals surface area contributed by atoms with Gasteiger partial charge in [0, 0.05) is 27.8 Å². The van der Waals surface area contributed by atoms with Crippen molar-refractivity contribution >= 4 is 10.8 Å². The van der Waals surface area contributed by atoms with Crippen LogP contribution in [0.3, 0.4) is 0 Å². The topological polar surface area (TPSA) is 29.1 Å². The van der Waals surface area contributed by atoms with Gasteiger partial charge in [0.2, 0.25) is 0 Å². The van der Waals surface area contributed by atoms with Crippen molar-refractivity contribution < 1.29 is 4.21 Å². The van der Waals surface area contributed by atoms with Crippen molar-refractivity contribution in [3.8, 4) is 0 Å². The van der Waals surface area contributed by atoms with Gasteiger partial charge in [0.1, 0.15) is 0 Å². The Morgan fingerprint density at radius 2 is 2.12 bits per heavy atom. The summed E-state index contributed by atoms with van der Waals surface area (Å²) in [6.07, 6.45) is 6.17. The van der Waals surface area contributed by atoms with Crippen LogP contribution in [0, 0.1) is 5.92 Å². The average Bonchev–Trinajstić information content (AvgIpc) is 2.73. The van der Waals surface area contributed by atoms with Crippen LogP contribution in [0.1, 0.15) is 52.9 Å². The van der Waals surface area contributed by atoms with Gasteiger partial charge in [0.15, 0.2) is 0 Å². The molecule has 1 aliphatic carbocycles. The van der Waals surface area contributed by atoms with E-state index in [1.807, 2.05) is 0 Å². The molecule has 0 aromatic carbocycles. The van der Waals surface area contributed by atoms with Crippen LogP contribution in [-0.4, -0.2) is 27.8 Å². The van der Waals surface area contributed by atoms with Crippen LogP contribution < -0.4 is 5.32 Å². The minimum absolute atomic E-state index is 0.374. The second-order valence-corrected chi connectivity index (χ2v) is 6.92. The van der Waals surface area contributed by atoms with Crippen LogP contribution in [0.2, 0.25) is 0 Å². The van der Waals surface area contributed by atoms with E-state index in [4.69, 9.17) is 0 Å². The molecule has 0 bridgehead atoms. The van der Waals surface area contributed by atoms with Gasteiger partial charge in [-0.15, -0.1) is 0 Å². The summed E-state index contributed by atoms with van der Waals surface area (Å²) < 4.78 is 11.9. The van der Waals surface area contributed by atoms with Crippen molar-refractivity contribution in [2.45, 2.75) is 64.2 Å². The lowest BCUT2D eigenvalue weighted by atomic mass is 10.0. The van der Waals surface area contributed by atoms with Gasteiger partial charge in [-0.2, -0.15) is 0 Å². The molecule has 0 aromatic heterocycles. The molecule has 96 valence electrons. The summed E-state index contributed by atoms with van der Waals surface area (Å²) in [5, 5.41) is 3.94. The summed E-state index contributed by atoms with van der Waals surface area (Å²) >= 11 is 0. The fourth-order valence-electron chi connectivity index (χ4n) is 2.57. The molecule has 1 aliphatic rings. The van der Waals surface area contributed by atoms with Gasteiger partial charge in [-0.1, -0.05) is 27.2 Å². The molecule has 3 heteroatoms. The molecule has 0 spiro atoms. The molecule has 0 amide bonds. The average molecular weight is 245 g/mol. The quantitative estimate of drug-likeness (QED) is 0.747. The maximum absolute atomic E-state index is 11.9. The molecule has 1 saturated carbocycles. The third-order valence-corrected chi connectivity index (χ3v) is 5.71. The lowest BCUT2D eigenvalue weighted by molar-refractivity contribution is 0.399. The van der Waals surface area contributed by atoms with Crippen molar-refractivity contribution in [1.29, 1.82) is 0 Å². The summed E-state index contributed by atoms with van der Waals surface area (Å²) in [5.41, 5.74) is 0. The molecule has 0 aliphatic heterocycles. The standard InChI is InChI=1S/C13H27NOS/c1-4-11(3)16(15)10-9-12-7-6-8-13(12)14-5-2/h11-14H,4-10H2,1-3H3. The first-order valence-corrected chi connectivity index (χ1v) is 8.17. The Bertz CT molecular complexity index is 220. The van der Waals surface area contributed by atoms with E-state index in [1.165, 1.54) is 19.3 Å². The van der Waals surface area contributed by atoms with Crippen LogP contribution in [0.5, 0.6) is 0 Å². The van der Waals surface area contributed by atoms with Gasteiger partial charge >= 0.3 is 0 Å². The van der Waals surface area contributed by atoms with Gasteiger partial charge in [0.05, 0.1) is 0 Å². The number of hydrogen-bond acceptors (Lipinski definition) is 2. The number of nitrogens with one attached hydrogen (secondary N) is 1. The predicted molar refractivity (Wildman–Crippen MR) is 72.2 cm³/mol. The fraction of sp³-hybridized carbons (Fsp3) is 1.00. The van der Waals surface area contributed by atoms with E-state index in [2.05, 4.69) is 26.1 Å². The first kappa shape index (κ1) is 14.2. The Hall–Kier alpha value is 0.110. The van der Waals surface area contributed by atoms with E-state index in [1.54, 1.807) is 0 Å². The van der Waals surface area contributed by atoms with E-state index in [0.717, 1.165) is 31.1 Å². The van der Waals surface area contributed by atoms with Gasteiger partial charge in [0.25, 0.3) is 0 Å². The Morgan fingerprint density at radius 1 is 1.38 bits per heavy atom. The lowest BCUT2D eigenvalue weighted by Crippen LogP contribution is -2.33. The van der Waals surface area contributed by atoms with Gasteiger partial charge < -0.3 is 5.32 Å². The van der Waals surface area contributed by atoms with E-state index < -0.39 is 10.8 Å². The van der Waals surface area contributed by atoms with Crippen LogP contribution in [0.25, 0.3) is 0 Å². The van der Waals surface area contributed by atoms with Gasteiger partial charge in [-0.05, 0) is 38.1 Å². The zero-order valence-corrected chi connectivity index (χ0v) is 11.8. The molecule has 0 radical (unpaired) electrons. The predicted octanol–water partition coefficient (Wildman–Crippen LogP) is 2.70. The molecule has 16 heavy (non-hydrogen) atoms. The summed E-state index contributed by atoms with van der Waals surface area (Å²) in [5.74, 6) is 1.68.